The molecule has 4 rings (SSSR count). The molecule has 2 aromatic heterocycles. The second-order valence-electron chi connectivity index (χ2n) is 7.84. The molecule has 3 aromatic rings. The van der Waals surface area contributed by atoms with Gasteiger partial charge < -0.3 is 10.1 Å². The smallest absolute Gasteiger partial charge is 0.330 e. The molecule has 1 aliphatic carbocycles. The highest BCUT2D eigenvalue weighted by atomic mass is 16.4. The van der Waals surface area contributed by atoms with Crippen molar-refractivity contribution >= 4 is 23.2 Å². The molecule has 1 saturated carbocycles. The van der Waals surface area contributed by atoms with Gasteiger partial charge in [0.15, 0.2) is 5.52 Å². The molecule has 1 unspecified atom stereocenters. The van der Waals surface area contributed by atoms with E-state index < -0.39 is 17.2 Å². The summed E-state index contributed by atoms with van der Waals surface area (Å²) in [5, 5.41) is 8.74. The molecule has 1 aliphatic rings. The standard InChI is InChI=1S/C22H24N4O4/c1-13(15-5-3-2-4-6-15)26-20-18(21(29)25-22(26)30)23-19(24-20)16-10-7-14(8-11-16)9-12-17(27)28/h7-13,15H,2-6H2,1H3,(H,23,24)(H,27,28)(H,25,29,30)/b12-9+. The number of imidazole rings is 1. The molecule has 2 heterocycles. The fraction of sp³-hybridized carbons (Fsp3) is 0.364. The Bertz CT molecular complexity index is 1210. The molecule has 1 fully saturated rings. The topological polar surface area (TPSA) is 121 Å². The lowest BCUT2D eigenvalue weighted by molar-refractivity contribution is -0.131. The fourth-order valence-electron chi connectivity index (χ4n) is 4.29. The zero-order valence-corrected chi connectivity index (χ0v) is 16.7. The maximum Gasteiger partial charge on any atom is 0.330 e. The van der Waals surface area contributed by atoms with Crippen molar-refractivity contribution in [2.45, 2.75) is 45.1 Å². The van der Waals surface area contributed by atoms with Crippen molar-refractivity contribution in [2.24, 2.45) is 5.92 Å². The zero-order chi connectivity index (χ0) is 21.3. The van der Waals surface area contributed by atoms with Gasteiger partial charge in [0.1, 0.15) is 11.5 Å². The minimum absolute atomic E-state index is 0.0472. The Kier molecular flexibility index (Phi) is 5.39. The van der Waals surface area contributed by atoms with Crippen LogP contribution in [0.3, 0.4) is 0 Å². The minimum atomic E-state index is -1.01. The van der Waals surface area contributed by atoms with Gasteiger partial charge in [0.25, 0.3) is 5.56 Å². The Hall–Kier alpha value is -3.42. The first-order valence-corrected chi connectivity index (χ1v) is 10.2. The first-order chi connectivity index (χ1) is 14.4. The summed E-state index contributed by atoms with van der Waals surface area (Å²) in [7, 11) is 0. The number of hydrogen-bond donors (Lipinski definition) is 3. The van der Waals surface area contributed by atoms with Crippen molar-refractivity contribution in [2.75, 3.05) is 0 Å². The van der Waals surface area contributed by atoms with Gasteiger partial charge in [0.05, 0.1) is 0 Å². The molecule has 0 aliphatic heterocycles. The van der Waals surface area contributed by atoms with Crippen molar-refractivity contribution in [3.05, 3.63) is 56.7 Å². The summed E-state index contributed by atoms with van der Waals surface area (Å²) in [5.74, 6) is -0.141. The van der Waals surface area contributed by atoms with Crippen molar-refractivity contribution in [1.29, 1.82) is 0 Å². The van der Waals surface area contributed by atoms with E-state index in [9.17, 15) is 14.4 Å². The average Bonchev–Trinajstić information content (AvgIpc) is 3.18. The van der Waals surface area contributed by atoms with Crippen molar-refractivity contribution < 1.29 is 9.90 Å². The molecule has 3 N–H and O–H groups in total. The highest BCUT2D eigenvalue weighted by Gasteiger charge is 2.25. The second-order valence-corrected chi connectivity index (χ2v) is 7.84. The Labute approximate surface area is 172 Å². The van der Waals surface area contributed by atoms with E-state index >= 15 is 0 Å². The molecule has 0 amide bonds. The van der Waals surface area contributed by atoms with Crippen molar-refractivity contribution in [1.82, 2.24) is 19.5 Å². The number of carboxylic acid groups (broad SMARTS) is 1. The molecule has 8 heteroatoms. The molecule has 1 atom stereocenters. The lowest BCUT2D eigenvalue weighted by Crippen LogP contribution is -2.35. The van der Waals surface area contributed by atoms with Gasteiger partial charge in [-0.15, -0.1) is 0 Å². The predicted molar refractivity (Wildman–Crippen MR) is 114 cm³/mol. The second kappa shape index (κ2) is 8.14. The van der Waals surface area contributed by atoms with Gasteiger partial charge in [-0.3, -0.25) is 14.3 Å². The van der Waals surface area contributed by atoms with E-state index in [1.54, 1.807) is 28.8 Å². The molecular formula is C22H24N4O4. The molecule has 8 nitrogen and oxygen atoms in total. The van der Waals surface area contributed by atoms with Gasteiger partial charge in [-0.05, 0) is 37.3 Å². The molecule has 156 valence electrons. The molecule has 0 bridgehead atoms. The number of aromatic nitrogens is 4. The molecule has 0 radical (unpaired) electrons. The number of H-pyrrole nitrogens is 2. The van der Waals surface area contributed by atoms with E-state index in [1.165, 1.54) is 12.5 Å². The third-order valence-electron chi connectivity index (χ3n) is 5.92. The van der Waals surface area contributed by atoms with Gasteiger partial charge in [-0.25, -0.2) is 14.6 Å². The van der Waals surface area contributed by atoms with Crippen LogP contribution >= 0.6 is 0 Å². The third-order valence-corrected chi connectivity index (χ3v) is 5.92. The Morgan fingerprint density at radius 3 is 2.53 bits per heavy atom. The highest BCUT2D eigenvalue weighted by molar-refractivity contribution is 5.85. The maximum absolute atomic E-state index is 12.7. The highest BCUT2D eigenvalue weighted by Crippen LogP contribution is 2.33. The summed E-state index contributed by atoms with van der Waals surface area (Å²) in [6.07, 6.45) is 8.26. The monoisotopic (exact) mass is 408 g/mol. The first kappa shape index (κ1) is 19.9. The normalized spacial score (nSPS) is 16.3. The number of hydrogen-bond acceptors (Lipinski definition) is 4. The number of benzene rings is 1. The van der Waals surface area contributed by atoms with Crippen LogP contribution in [-0.4, -0.2) is 30.6 Å². The zero-order valence-electron chi connectivity index (χ0n) is 16.7. The largest absolute Gasteiger partial charge is 0.478 e. The quantitative estimate of drug-likeness (QED) is 0.559. The van der Waals surface area contributed by atoms with Crippen LogP contribution in [0.2, 0.25) is 0 Å². The van der Waals surface area contributed by atoms with Crippen LogP contribution in [0.25, 0.3) is 28.6 Å². The molecule has 0 saturated heterocycles. The Balaban J connectivity index is 1.75. The van der Waals surface area contributed by atoms with E-state index in [4.69, 9.17) is 5.11 Å². The number of aliphatic carboxylic acids is 1. The van der Waals surface area contributed by atoms with Crippen molar-refractivity contribution in [3.8, 4) is 11.4 Å². The molecule has 30 heavy (non-hydrogen) atoms. The van der Waals surface area contributed by atoms with Gasteiger partial charge in [-0.1, -0.05) is 43.5 Å². The number of rotatable bonds is 5. The van der Waals surface area contributed by atoms with Crippen LogP contribution in [0.5, 0.6) is 0 Å². The van der Waals surface area contributed by atoms with Crippen LogP contribution in [0, 0.1) is 5.92 Å². The summed E-state index contributed by atoms with van der Waals surface area (Å²) in [6, 6.07) is 7.07. The molecule has 1 aromatic carbocycles. The van der Waals surface area contributed by atoms with Crippen LogP contribution in [0.15, 0.2) is 39.9 Å². The number of nitrogens with zero attached hydrogens (tertiary/aromatic N) is 2. The van der Waals surface area contributed by atoms with Gasteiger partial charge >= 0.3 is 11.7 Å². The van der Waals surface area contributed by atoms with Crippen LogP contribution in [-0.2, 0) is 4.79 Å². The number of carbonyl (C=O) groups is 1. The Morgan fingerprint density at radius 1 is 1.17 bits per heavy atom. The lowest BCUT2D eigenvalue weighted by atomic mass is 9.84. The number of carboxylic acids is 1. The van der Waals surface area contributed by atoms with E-state index in [0.717, 1.165) is 42.9 Å². The van der Waals surface area contributed by atoms with Crippen molar-refractivity contribution in [3.63, 3.8) is 0 Å². The van der Waals surface area contributed by atoms with Crippen LogP contribution < -0.4 is 11.2 Å². The summed E-state index contributed by atoms with van der Waals surface area (Å²) < 4.78 is 1.63. The number of fused-ring (bicyclic) bond motifs is 1. The van der Waals surface area contributed by atoms with E-state index in [1.807, 2.05) is 6.92 Å². The fourth-order valence-corrected chi connectivity index (χ4v) is 4.29. The van der Waals surface area contributed by atoms with Gasteiger partial charge in [-0.2, -0.15) is 0 Å². The summed E-state index contributed by atoms with van der Waals surface area (Å²) in [4.78, 5) is 45.7. The lowest BCUT2D eigenvalue weighted by Gasteiger charge is -2.28. The van der Waals surface area contributed by atoms with Gasteiger partial charge in [0, 0.05) is 17.7 Å². The van der Waals surface area contributed by atoms with E-state index in [0.29, 0.717) is 17.4 Å². The summed E-state index contributed by atoms with van der Waals surface area (Å²) in [6.45, 7) is 2.03. The minimum Gasteiger partial charge on any atom is -0.478 e. The molecular weight excluding hydrogens is 384 g/mol. The van der Waals surface area contributed by atoms with E-state index in [2.05, 4.69) is 15.0 Å². The number of nitrogens with one attached hydrogen (secondary N) is 2. The van der Waals surface area contributed by atoms with Gasteiger partial charge in [0.2, 0.25) is 0 Å². The maximum atomic E-state index is 12.7. The predicted octanol–water partition coefficient (Wildman–Crippen LogP) is 3.32. The van der Waals surface area contributed by atoms with Crippen LogP contribution in [0.1, 0.15) is 50.6 Å². The first-order valence-electron chi connectivity index (χ1n) is 10.2. The number of aromatic amines is 2. The summed E-state index contributed by atoms with van der Waals surface area (Å²) in [5.41, 5.74) is 1.19. The average molecular weight is 408 g/mol. The SMILES string of the molecule is CC(C1CCCCC1)n1c(=O)[nH]c(=O)c2nc(-c3ccc(/C=C/C(=O)O)cc3)[nH]c21. The molecule has 0 spiro atoms. The van der Waals surface area contributed by atoms with E-state index in [-0.39, 0.29) is 11.6 Å². The Morgan fingerprint density at radius 2 is 1.87 bits per heavy atom. The third kappa shape index (κ3) is 3.85. The summed E-state index contributed by atoms with van der Waals surface area (Å²) >= 11 is 0. The van der Waals surface area contributed by atoms with Crippen LogP contribution in [0.4, 0.5) is 0 Å².